The van der Waals surface area contributed by atoms with Crippen LogP contribution in [0.1, 0.15) is 48.4 Å². The number of benzene rings is 2. The summed E-state index contributed by atoms with van der Waals surface area (Å²) in [6.07, 6.45) is 0. The fraction of sp³-hybridized carbons (Fsp3) is 0.286. The molecule has 1 aromatic heterocycles. The van der Waals surface area contributed by atoms with E-state index >= 15 is 0 Å². The van der Waals surface area contributed by atoms with E-state index in [4.69, 9.17) is 0 Å². The van der Waals surface area contributed by atoms with Crippen molar-refractivity contribution in [3.63, 3.8) is 0 Å². The molecule has 0 saturated carbocycles. The number of rotatable bonds is 6. The lowest BCUT2D eigenvalue weighted by atomic mass is 9.99. The Bertz CT molecular complexity index is 1010. The molecule has 0 unspecified atom stereocenters. The van der Waals surface area contributed by atoms with E-state index in [1.807, 2.05) is 51.1 Å². The Hall–Kier alpha value is -3.15. The summed E-state index contributed by atoms with van der Waals surface area (Å²) in [5.41, 5.74) is 2.63. The zero-order valence-electron chi connectivity index (χ0n) is 15.7. The Morgan fingerprint density at radius 3 is 2.37 bits per heavy atom. The van der Waals surface area contributed by atoms with E-state index in [-0.39, 0.29) is 17.2 Å². The van der Waals surface area contributed by atoms with Gasteiger partial charge in [0.1, 0.15) is 5.82 Å². The highest BCUT2D eigenvalue weighted by atomic mass is 16.4. The summed E-state index contributed by atoms with van der Waals surface area (Å²) in [6.45, 7) is 6.91. The molecule has 0 atom stereocenters. The Morgan fingerprint density at radius 1 is 1.11 bits per heavy atom. The maximum Gasteiger partial charge on any atom is 0.346 e. The standard InChI is InChI=1S/C21H23N3O3/c1-4-24-21(27)23(19(22-24)14(2)3)13-15-9-11-16(12-10-15)17-7-5-6-8-18(17)20(25)26/h5-12,14H,4,13H2,1-3H3,(H,25,26). The topological polar surface area (TPSA) is 77.1 Å². The van der Waals surface area contributed by atoms with Crippen molar-refractivity contribution in [2.75, 3.05) is 0 Å². The molecule has 1 N–H and O–H groups in total. The van der Waals surface area contributed by atoms with Gasteiger partial charge in [0.05, 0.1) is 12.1 Å². The van der Waals surface area contributed by atoms with Gasteiger partial charge in [-0.3, -0.25) is 4.57 Å². The Morgan fingerprint density at radius 2 is 1.78 bits per heavy atom. The lowest BCUT2D eigenvalue weighted by Crippen LogP contribution is -2.25. The third kappa shape index (κ3) is 3.69. The predicted molar refractivity (Wildman–Crippen MR) is 104 cm³/mol. The molecule has 0 amide bonds. The number of hydrogen-bond donors (Lipinski definition) is 1. The fourth-order valence-corrected chi connectivity index (χ4v) is 3.13. The maximum atomic E-state index is 12.5. The number of carboxylic acid groups (broad SMARTS) is 1. The summed E-state index contributed by atoms with van der Waals surface area (Å²) in [7, 11) is 0. The summed E-state index contributed by atoms with van der Waals surface area (Å²) in [5, 5.41) is 13.8. The molecule has 3 aromatic rings. The molecular weight excluding hydrogens is 342 g/mol. The Balaban J connectivity index is 1.93. The maximum absolute atomic E-state index is 12.5. The van der Waals surface area contributed by atoms with Crippen LogP contribution >= 0.6 is 0 Å². The average molecular weight is 365 g/mol. The second kappa shape index (κ2) is 7.61. The van der Waals surface area contributed by atoms with Crippen molar-refractivity contribution in [2.24, 2.45) is 0 Å². The van der Waals surface area contributed by atoms with E-state index in [0.717, 1.165) is 17.0 Å². The van der Waals surface area contributed by atoms with Crippen LogP contribution in [-0.2, 0) is 13.1 Å². The third-order valence-electron chi connectivity index (χ3n) is 4.53. The van der Waals surface area contributed by atoms with E-state index in [9.17, 15) is 14.7 Å². The summed E-state index contributed by atoms with van der Waals surface area (Å²) in [4.78, 5) is 24.0. The molecule has 0 saturated heterocycles. The lowest BCUT2D eigenvalue weighted by molar-refractivity contribution is 0.0697. The normalized spacial score (nSPS) is 11.1. The summed E-state index contributed by atoms with van der Waals surface area (Å²) in [6, 6.07) is 14.6. The minimum absolute atomic E-state index is 0.110. The minimum Gasteiger partial charge on any atom is -0.478 e. The summed E-state index contributed by atoms with van der Waals surface area (Å²) < 4.78 is 3.18. The van der Waals surface area contributed by atoms with Gasteiger partial charge in [-0.05, 0) is 29.7 Å². The molecule has 6 nitrogen and oxygen atoms in total. The Kier molecular flexibility index (Phi) is 5.26. The van der Waals surface area contributed by atoms with Crippen molar-refractivity contribution in [3.05, 3.63) is 76.0 Å². The second-order valence-electron chi connectivity index (χ2n) is 6.75. The predicted octanol–water partition coefficient (Wildman–Crippen LogP) is 3.60. The molecule has 1 heterocycles. The highest BCUT2D eigenvalue weighted by molar-refractivity contribution is 5.95. The largest absolute Gasteiger partial charge is 0.478 e. The number of aryl methyl sites for hydroxylation is 1. The number of carboxylic acids is 1. The number of aromatic carboxylic acids is 1. The number of hydrogen-bond acceptors (Lipinski definition) is 3. The molecule has 140 valence electrons. The molecule has 3 rings (SSSR count). The molecule has 2 aromatic carbocycles. The van der Waals surface area contributed by atoms with Crippen LogP contribution in [-0.4, -0.2) is 25.4 Å². The van der Waals surface area contributed by atoms with Gasteiger partial charge in [-0.15, -0.1) is 0 Å². The van der Waals surface area contributed by atoms with E-state index in [1.165, 1.54) is 4.68 Å². The van der Waals surface area contributed by atoms with Crippen molar-refractivity contribution in [1.29, 1.82) is 0 Å². The van der Waals surface area contributed by atoms with Crippen LogP contribution in [0.5, 0.6) is 0 Å². The van der Waals surface area contributed by atoms with Crippen molar-refractivity contribution < 1.29 is 9.90 Å². The van der Waals surface area contributed by atoms with Crippen molar-refractivity contribution >= 4 is 5.97 Å². The molecule has 0 aliphatic heterocycles. The molecule has 0 radical (unpaired) electrons. The first-order chi connectivity index (χ1) is 12.9. The second-order valence-corrected chi connectivity index (χ2v) is 6.75. The smallest absolute Gasteiger partial charge is 0.346 e. The third-order valence-corrected chi connectivity index (χ3v) is 4.53. The summed E-state index contributed by atoms with van der Waals surface area (Å²) >= 11 is 0. The molecule has 0 aliphatic rings. The zero-order chi connectivity index (χ0) is 19.6. The van der Waals surface area contributed by atoms with Gasteiger partial charge in [-0.2, -0.15) is 5.10 Å². The van der Waals surface area contributed by atoms with Gasteiger partial charge in [0.25, 0.3) is 0 Å². The SMILES string of the molecule is CCn1nc(C(C)C)n(Cc2ccc(-c3ccccc3C(=O)O)cc2)c1=O. The monoisotopic (exact) mass is 365 g/mol. The van der Waals surface area contributed by atoms with Crippen LogP contribution in [0.15, 0.2) is 53.3 Å². The van der Waals surface area contributed by atoms with Crippen LogP contribution in [0.25, 0.3) is 11.1 Å². The van der Waals surface area contributed by atoms with Crippen molar-refractivity contribution in [2.45, 2.75) is 39.8 Å². The van der Waals surface area contributed by atoms with E-state index in [2.05, 4.69) is 5.10 Å². The van der Waals surface area contributed by atoms with Gasteiger partial charge >= 0.3 is 11.7 Å². The molecule has 0 bridgehead atoms. The van der Waals surface area contributed by atoms with Crippen molar-refractivity contribution in [3.8, 4) is 11.1 Å². The number of carbonyl (C=O) groups is 1. The van der Waals surface area contributed by atoms with Crippen LogP contribution in [0, 0.1) is 0 Å². The molecule has 27 heavy (non-hydrogen) atoms. The van der Waals surface area contributed by atoms with Gasteiger partial charge in [0, 0.05) is 12.5 Å². The van der Waals surface area contributed by atoms with Gasteiger partial charge in [-0.1, -0.05) is 56.3 Å². The van der Waals surface area contributed by atoms with E-state index < -0.39 is 5.97 Å². The van der Waals surface area contributed by atoms with E-state index in [0.29, 0.717) is 18.7 Å². The minimum atomic E-state index is -0.949. The highest BCUT2D eigenvalue weighted by Gasteiger charge is 2.16. The van der Waals surface area contributed by atoms with Crippen LogP contribution in [0.4, 0.5) is 0 Å². The van der Waals surface area contributed by atoms with Crippen LogP contribution in [0.2, 0.25) is 0 Å². The van der Waals surface area contributed by atoms with Gasteiger partial charge in [0.2, 0.25) is 0 Å². The van der Waals surface area contributed by atoms with Gasteiger partial charge in [0.15, 0.2) is 0 Å². The number of aromatic nitrogens is 3. The fourth-order valence-electron chi connectivity index (χ4n) is 3.13. The molecule has 0 aliphatic carbocycles. The van der Waals surface area contributed by atoms with Crippen molar-refractivity contribution in [1.82, 2.24) is 14.3 Å². The quantitative estimate of drug-likeness (QED) is 0.724. The molecule has 6 heteroatoms. The first-order valence-corrected chi connectivity index (χ1v) is 9.01. The van der Waals surface area contributed by atoms with Gasteiger partial charge in [-0.25, -0.2) is 14.3 Å². The van der Waals surface area contributed by atoms with Crippen LogP contribution < -0.4 is 5.69 Å². The summed E-state index contributed by atoms with van der Waals surface area (Å²) in [5.74, 6) is -0.0378. The Labute approximate surface area is 157 Å². The first-order valence-electron chi connectivity index (χ1n) is 9.01. The first kappa shape index (κ1) is 18.6. The number of nitrogens with zero attached hydrogens (tertiary/aromatic N) is 3. The highest BCUT2D eigenvalue weighted by Crippen LogP contribution is 2.24. The van der Waals surface area contributed by atoms with Gasteiger partial charge < -0.3 is 5.11 Å². The zero-order valence-corrected chi connectivity index (χ0v) is 15.7. The molecule has 0 spiro atoms. The average Bonchev–Trinajstić information content (AvgIpc) is 2.98. The lowest BCUT2D eigenvalue weighted by Gasteiger charge is -2.10. The molecular formula is C21H23N3O3. The van der Waals surface area contributed by atoms with Crippen LogP contribution in [0.3, 0.4) is 0 Å². The van der Waals surface area contributed by atoms with E-state index in [1.54, 1.807) is 22.8 Å². The molecule has 0 fully saturated rings.